The van der Waals surface area contributed by atoms with Crippen LogP contribution in [0.5, 0.6) is 0 Å². The van der Waals surface area contributed by atoms with Crippen LogP contribution in [0, 0.1) is 0 Å². The molecule has 2 atom stereocenters. The normalized spacial score (nSPS) is 18.8. The molecule has 0 bridgehead atoms. The zero-order valence-electron chi connectivity index (χ0n) is 19.2. The van der Waals surface area contributed by atoms with Crippen LogP contribution in [-0.2, 0) is 10.9 Å². The second-order valence-electron chi connectivity index (χ2n) is 8.83. The van der Waals surface area contributed by atoms with E-state index < -0.39 is 17.6 Å². The van der Waals surface area contributed by atoms with E-state index in [1.165, 1.54) is 6.20 Å². The molecule has 0 spiro atoms. The van der Waals surface area contributed by atoms with Crippen molar-refractivity contribution < 1.29 is 22.7 Å². The number of rotatable bonds is 3. The minimum Gasteiger partial charge on any atom is -0.367 e. The number of anilines is 3. The monoisotopic (exact) mass is 529 g/mol. The fraction of sp³-hybridized carbons (Fsp3) is 0.250. The first kappa shape index (κ1) is 23.6. The van der Waals surface area contributed by atoms with Crippen molar-refractivity contribution in [3.05, 3.63) is 64.8 Å². The molecule has 4 aromatic rings. The van der Waals surface area contributed by atoms with Gasteiger partial charge in [0, 0.05) is 29.9 Å². The number of benzene rings is 1. The van der Waals surface area contributed by atoms with E-state index in [1.54, 1.807) is 22.6 Å². The van der Waals surface area contributed by atoms with Gasteiger partial charge in [-0.2, -0.15) is 13.2 Å². The molecule has 1 aromatic carbocycles. The molecule has 1 fully saturated rings. The minimum atomic E-state index is -4.55. The van der Waals surface area contributed by atoms with E-state index in [1.807, 2.05) is 6.92 Å². The molecule has 37 heavy (non-hydrogen) atoms. The van der Waals surface area contributed by atoms with Crippen LogP contribution in [0.2, 0.25) is 5.15 Å². The molecule has 6 rings (SSSR count). The third-order valence-corrected chi connectivity index (χ3v) is 6.51. The van der Waals surface area contributed by atoms with Gasteiger partial charge in [0.2, 0.25) is 0 Å². The molecule has 0 aliphatic carbocycles. The summed E-state index contributed by atoms with van der Waals surface area (Å²) >= 11 is 6.51. The minimum absolute atomic E-state index is 0.206. The highest BCUT2D eigenvalue weighted by Gasteiger charge is 2.32. The number of hydrogen-bond donors (Lipinski definition) is 3. The summed E-state index contributed by atoms with van der Waals surface area (Å²) in [4.78, 5) is 25.9. The van der Waals surface area contributed by atoms with E-state index in [4.69, 9.17) is 21.3 Å². The zero-order chi connectivity index (χ0) is 25.9. The Hall–Kier alpha value is -3.74. The summed E-state index contributed by atoms with van der Waals surface area (Å²) in [6.45, 7) is 3.13. The van der Waals surface area contributed by atoms with E-state index in [9.17, 15) is 18.0 Å². The SMILES string of the molecule is C[C@H]1CO[C@@H](c2nc3c4c(ncc(Cl)n24)Nc2cc(C(=O)Nc4cc(C(F)(F)F)ccn4)ccc2-3)CN1. The number of nitrogens with one attached hydrogen (secondary N) is 3. The summed E-state index contributed by atoms with van der Waals surface area (Å²) in [6, 6.07) is 6.72. The number of nitrogens with zero attached hydrogens (tertiary/aromatic N) is 4. The Labute approximate surface area is 213 Å². The topological polar surface area (TPSA) is 105 Å². The van der Waals surface area contributed by atoms with E-state index in [-0.39, 0.29) is 23.5 Å². The van der Waals surface area contributed by atoms with Gasteiger partial charge in [0.05, 0.1) is 24.1 Å². The smallest absolute Gasteiger partial charge is 0.367 e. The van der Waals surface area contributed by atoms with E-state index in [0.29, 0.717) is 52.4 Å². The number of hydrogen-bond acceptors (Lipinski definition) is 7. The molecule has 5 heterocycles. The molecule has 190 valence electrons. The molecule has 3 aromatic heterocycles. The number of halogens is 4. The molecular weight excluding hydrogens is 511 g/mol. The molecule has 1 amide bonds. The van der Waals surface area contributed by atoms with Crippen LogP contribution in [0.1, 0.15) is 34.8 Å². The largest absolute Gasteiger partial charge is 0.416 e. The fourth-order valence-corrected chi connectivity index (χ4v) is 4.66. The molecule has 2 aliphatic rings. The summed E-state index contributed by atoms with van der Waals surface area (Å²) in [6.07, 6.45) is -2.37. The maximum atomic E-state index is 13.0. The van der Waals surface area contributed by atoms with Gasteiger partial charge in [-0.25, -0.2) is 15.0 Å². The van der Waals surface area contributed by atoms with Gasteiger partial charge >= 0.3 is 6.18 Å². The Kier molecular flexibility index (Phi) is 5.55. The summed E-state index contributed by atoms with van der Waals surface area (Å²) in [5.41, 5.74) is 1.90. The highest BCUT2D eigenvalue weighted by atomic mass is 35.5. The Balaban J connectivity index is 1.35. The number of aromatic nitrogens is 4. The van der Waals surface area contributed by atoms with Gasteiger partial charge in [-0.15, -0.1) is 0 Å². The Bertz CT molecular complexity index is 1550. The highest BCUT2D eigenvalue weighted by Crippen LogP contribution is 2.43. The second kappa shape index (κ2) is 8.68. The lowest BCUT2D eigenvalue weighted by molar-refractivity contribution is -0.137. The number of morpholine rings is 1. The predicted molar refractivity (Wildman–Crippen MR) is 130 cm³/mol. The molecule has 0 saturated carbocycles. The first-order valence-corrected chi connectivity index (χ1v) is 11.7. The summed E-state index contributed by atoms with van der Waals surface area (Å²) in [5.74, 6) is 0.311. The van der Waals surface area contributed by atoms with Gasteiger partial charge < -0.3 is 20.7 Å². The quantitative estimate of drug-likeness (QED) is 0.308. The Morgan fingerprint density at radius 1 is 1.24 bits per heavy atom. The number of amides is 1. The van der Waals surface area contributed by atoms with Gasteiger partial charge in [0.1, 0.15) is 34.1 Å². The van der Waals surface area contributed by atoms with Crippen molar-refractivity contribution in [2.75, 3.05) is 23.8 Å². The maximum absolute atomic E-state index is 13.0. The molecule has 13 heteroatoms. The average molecular weight is 530 g/mol. The zero-order valence-corrected chi connectivity index (χ0v) is 20.0. The van der Waals surface area contributed by atoms with Crippen LogP contribution in [0.3, 0.4) is 0 Å². The second-order valence-corrected chi connectivity index (χ2v) is 9.22. The number of alkyl halides is 3. The average Bonchev–Trinajstić information content (AvgIpc) is 3.28. The highest BCUT2D eigenvalue weighted by molar-refractivity contribution is 6.30. The van der Waals surface area contributed by atoms with Crippen molar-refractivity contribution in [2.24, 2.45) is 0 Å². The number of pyridine rings is 1. The third kappa shape index (κ3) is 4.16. The van der Waals surface area contributed by atoms with Crippen LogP contribution >= 0.6 is 11.6 Å². The molecule has 0 unspecified atom stereocenters. The van der Waals surface area contributed by atoms with Gasteiger partial charge in [-0.05, 0) is 37.3 Å². The first-order valence-electron chi connectivity index (χ1n) is 11.4. The molecule has 1 saturated heterocycles. The van der Waals surface area contributed by atoms with Crippen molar-refractivity contribution in [1.82, 2.24) is 24.7 Å². The van der Waals surface area contributed by atoms with E-state index >= 15 is 0 Å². The molecule has 0 radical (unpaired) electrons. The molecule has 2 aliphatic heterocycles. The molecule has 3 N–H and O–H groups in total. The number of fused-ring (bicyclic) bond motifs is 2. The summed E-state index contributed by atoms with van der Waals surface area (Å²) < 4.78 is 46.8. The standard InChI is InChI=1S/C24H19ClF3N7O2/c1-11-10-37-16(8-30-11)22-34-19-14-3-2-12(6-15(14)32-21-20(19)35(22)17(25)9-31-21)23(36)33-18-7-13(4-5-29-18)24(26,27)28/h2-7,9,11,16,30H,8,10H2,1H3,(H,31,32)(H,29,33,36)/t11-,16+/m0/s1. The maximum Gasteiger partial charge on any atom is 0.416 e. The van der Waals surface area contributed by atoms with Crippen molar-refractivity contribution in [3.8, 4) is 11.3 Å². The van der Waals surface area contributed by atoms with Crippen molar-refractivity contribution in [2.45, 2.75) is 25.2 Å². The fourth-order valence-electron chi connectivity index (χ4n) is 4.44. The van der Waals surface area contributed by atoms with Crippen molar-refractivity contribution >= 4 is 40.3 Å². The number of ether oxygens (including phenoxy) is 1. The summed E-state index contributed by atoms with van der Waals surface area (Å²) in [7, 11) is 0. The van der Waals surface area contributed by atoms with Crippen LogP contribution in [0.4, 0.5) is 30.5 Å². The molecule has 9 nitrogen and oxygen atoms in total. The van der Waals surface area contributed by atoms with Crippen molar-refractivity contribution in [3.63, 3.8) is 0 Å². The van der Waals surface area contributed by atoms with Crippen molar-refractivity contribution in [1.29, 1.82) is 0 Å². The van der Waals surface area contributed by atoms with Crippen LogP contribution in [0.25, 0.3) is 16.8 Å². The lowest BCUT2D eigenvalue weighted by Gasteiger charge is -2.27. The van der Waals surface area contributed by atoms with Gasteiger partial charge in [-0.3, -0.25) is 9.20 Å². The van der Waals surface area contributed by atoms with E-state index in [2.05, 4.69) is 25.9 Å². The lowest BCUT2D eigenvalue weighted by Crippen LogP contribution is -2.41. The number of imidazole rings is 1. The van der Waals surface area contributed by atoms with Crippen LogP contribution in [0.15, 0.2) is 42.7 Å². The lowest BCUT2D eigenvalue weighted by atomic mass is 10.0. The Morgan fingerprint density at radius 2 is 2.08 bits per heavy atom. The van der Waals surface area contributed by atoms with Crippen LogP contribution < -0.4 is 16.0 Å². The van der Waals surface area contributed by atoms with Crippen LogP contribution in [-0.4, -0.2) is 44.5 Å². The van der Waals surface area contributed by atoms with Gasteiger partial charge in [0.15, 0.2) is 5.82 Å². The van der Waals surface area contributed by atoms with Gasteiger partial charge in [0.25, 0.3) is 5.91 Å². The number of carbonyl (C=O) groups is 1. The third-order valence-electron chi connectivity index (χ3n) is 6.25. The summed E-state index contributed by atoms with van der Waals surface area (Å²) in [5, 5.41) is 9.39. The predicted octanol–water partition coefficient (Wildman–Crippen LogP) is 4.82. The van der Waals surface area contributed by atoms with Gasteiger partial charge in [-0.1, -0.05) is 11.6 Å². The van der Waals surface area contributed by atoms with E-state index in [0.717, 1.165) is 18.3 Å². The number of carbonyl (C=O) groups excluding carboxylic acids is 1. The first-order chi connectivity index (χ1) is 17.7. The Morgan fingerprint density at radius 3 is 2.84 bits per heavy atom. The molecular formula is C24H19ClF3N7O2.